The zero-order valence-electron chi connectivity index (χ0n) is 9.79. The van der Waals surface area contributed by atoms with Crippen LogP contribution < -0.4 is 0 Å². The summed E-state index contributed by atoms with van der Waals surface area (Å²) in [5.41, 5.74) is 1.14. The van der Waals surface area contributed by atoms with Gasteiger partial charge in [-0.25, -0.2) is 13.8 Å². The summed E-state index contributed by atoms with van der Waals surface area (Å²) in [6.07, 6.45) is 2.25. The van der Waals surface area contributed by atoms with Gasteiger partial charge in [-0.15, -0.1) is 0 Å². The van der Waals surface area contributed by atoms with Gasteiger partial charge in [-0.3, -0.25) is 0 Å². The number of aromatic nitrogens is 2. The molecule has 2 heterocycles. The van der Waals surface area contributed by atoms with E-state index in [4.69, 9.17) is 0 Å². The Morgan fingerprint density at radius 2 is 1.84 bits per heavy atom. The molecule has 0 bridgehead atoms. The highest BCUT2D eigenvalue weighted by Gasteiger charge is 2.16. The number of fused-ring (bicyclic) bond motifs is 1. The second kappa shape index (κ2) is 4.44. The Kier molecular flexibility index (Phi) is 2.76. The molecule has 0 fully saturated rings. The third-order valence-electron chi connectivity index (χ3n) is 2.86. The summed E-state index contributed by atoms with van der Waals surface area (Å²) in [7, 11) is 0. The Balaban J connectivity index is 2.05. The minimum absolute atomic E-state index is 0.140. The molecule has 1 aromatic carbocycles. The Morgan fingerprint density at radius 3 is 2.53 bits per heavy atom. The third kappa shape index (κ3) is 2.20. The van der Waals surface area contributed by atoms with Crippen molar-refractivity contribution < 1.29 is 13.9 Å². The van der Waals surface area contributed by atoms with E-state index in [-0.39, 0.29) is 5.56 Å². The van der Waals surface area contributed by atoms with Gasteiger partial charge in [-0.2, -0.15) is 0 Å². The van der Waals surface area contributed by atoms with Crippen LogP contribution in [0.15, 0.2) is 48.8 Å². The number of hydrogen-bond acceptors (Lipinski definition) is 2. The van der Waals surface area contributed by atoms with Crippen LogP contribution in [0.2, 0.25) is 0 Å². The third-order valence-corrected chi connectivity index (χ3v) is 2.86. The summed E-state index contributed by atoms with van der Waals surface area (Å²) in [5.74, 6) is -1.45. The number of benzene rings is 1. The molecule has 0 aliphatic rings. The van der Waals surface area contributed by atoms with Crippen molar-refractivity contribution in [2.24, 2.45) is 0 Å². The number of rotatable bonds is 2. The Bertz CT molecular complexity index is 686. The molecule has 2 aromatic heterocycles. The molecular formula is C14H10F2N2O. The first kappa shape index (κ1) is 11.8. The number of imidazole rings is 1. The van der Waals surface area contributed by atoms with Gasteiger partial charge < -0.3 is 9.51 Å². The number of aliphatic hydroxyl groups excluding tert-OH is 1. The zero-order valence-corrected chi connectivity index (χ0v) is 9.79. The molecule has 5 heteroatoms. The van der Waals surface area contributed by atoms with Gasteiger partial charge in [0.1, 0.15) is 23.4 Å². The normalized spacial score (nSPS) is 12.8. The number of aliphatic hydroxyl groups is 1. The van der Waals surface area contributed by atoms with Crippen molar-refractivity contribution in [3.8, 4) is 0 Å². The first-order valence-corrected chi connectivity index (χ1v) is 5.71. The molecular weight excluding hydrogens is 250 g/mol. The maximum atomic E-state index is 13.1. The lowest BCUT2D eigenvalue weighted by atomic mass is 10.1. The van der Waals surface area contributed by atoms with Crippen molar-refractivity contribution in [1.82, 2.24) is 9.38 Å². The van der Waals surface area contributed by atoms with Gasteiger partial charge in [0.15, 0.2) is 0 Å². The second-order valence-electron chi connectivity index (χ2n) is 4.24. The Morgan fingerprint density at radius 1 is 1.11 bits per heavy atom. The monoisotopic (exact) mass is 260 g/mol. The number of hydrogen-bond donors (Lipinski definition) is 1. The lowest BCUT2D eigenvalue weighted by Crippen LogP contribution is -2.01. The van der Waals surface area contributed by atoms with Crippen LogP contribution in [0.1, 0.15) is 17.4 Å². The molecule has 0 spiro atoms. The fraction of sp³-hybridized carbons (Fsp3) is 0.0714. The standard InChI is InChI=1S/C14H10F2N2O/c15-10-5-9(6-11(16)7-10)14(19)12-8-18-4-2-1-3-13(18)17-12/h1-8,14,19H. The Labute approximate surface area is 107 Å². The van der Waals surface area contributed by atoms with Gasteiger partial charge >= 0.3 is 0 Å². The summed E-state index contributed by atoms with van der Waals surface area (Å²) in [5, 5.41) is 10.1. The van der Waals surface area contributed by atoms with E-state index in [9.17, 15) is 13.9 Å². The van der Waals surface area contributed by atoms with E-state index in [1.54, 1.807) is 22.9 Å². The van der Waals surface area contributed by atoms with Crippen LogP contribution in [0.5, 0.6) is 0 Å². The minimum Gasteiger partial charge on any atom is -0.382 e. The fourth-order valence-electron chi connectivity index (χ4n) is 1.99. The number of halogens is 2. The second-order valence-corrected chi connectivity index (χ2v) is 4.24. The van der Waals surface area contributed by atoms with Crippen molar-refractivity contribution >= 4 is 5.65 Å². The number of nitrogens with zero attached hydrogens (tertiary/aromatic N) is 2. The summed E-state index contributed by atoms with van der Waals surface area (Å²) in [6, 6.07) is 8.38. The van der Waals surface area contributed by atoms with Gasteiger partial charge in [0.05, 0.1) is 5.69 Å². The molecule has 0 aliphatic carbocycles. The van der Waals surface area contributed by atoms with Crippen molar-refractivity contribution in [3.63, 3.8) is 0 Å². The molecule has 19 heavy (non-hydrogen) atoms. The smallest absolute Gasteiger partial charge is 0.137 e. The molecule has 0 aliphatic heterocycles. The molecule has 3 aromatic rings. The lowest BCUT2D eigenvalue weighted by Gasteiger charge is -2.08. The zero-order chi connectivity index (χ0) is 13.4. The highest BCUT2D eigenvalue weighted by atomic mass is 19.1. The van der Waals surface area contributed by atoms with Gasteiger partial charge in [-0.05, 0) is 29.8 Å². The topological polar surface area (TPSA) is 37.5 Å². The van der Waals surface area contributed by atoms with Gasteiger partial charge in [0, 0.05) is 18.5 Å². The molecule has 0 radical (unpaired) electrons. The average Bonchev–Trinajstić information content (AvgIpc) is 2.80. The van der Waals surface area contributed by atoms with E-state index in [1.165, 1.54) is 0 Å². The van der Waals surface area contributed by atoms with E-state index in [2.05, 4.69) is 4.98 Å². The summed E-state index contributed by atoms with van der Waals surface area (Å²) >= 11 is 0. The van der Waals surface area contributed by atoms with Crippen LogP contribution in [-0.4, -0.2) is 14.5 Å². The van der Waals surface area contributed by atoms with E-state index < -0.39 is 17.7 Å². The van der Waals surface area contributed by atoms with Gasteiger partial charge in [0.2, 0.25) is 0 Å². The minimum atomic E-state index is -1.16. The average molecular weight is 260 g/mol. The van der Waals surface area contributed by atoms with Gasteiger partial charge in [-0.1, -0.05) is 6.07 Å². The maximum Gasteiger partial charge on any atom is 0.137 e. The van der Waals surface area contributed by atoms with Crippen LogP contribution in [0.25, 0.3) is 5.65 Å². The van der Waals surface area contributed by atoms with E-state index in [0.29, 0.717) is 11.3 Å². The van der Waals surface area contributed by atoms with Crippen molar-refractivity contribution in [3.05, 3.63) is 71.7 Å². The SMILES string of the molecule is OC(c1cc(F)cc(F)c1)c1cn2ccccc2n1. The molecule has 1 N–H and O–H groups in total. The van der Waals surface area contributed by atoms with Crippen LogP contribution in [0, 0.1) is 11.6 Å². The first-order chi connectivity index (χ1) is 9.13. The molecule has 96 valence electrons. The predicted octanol–water partition coefficient (Wildman–Crippen LogP) is 2.69. The highest BCUT2D eigenvalue weighted by molar-refractivity contribution is 5.41. The predicted molar refractivity (Wildman–Crippen MR) is 65.6 cm³/mol. The fourth-order valence-corrected chi connectivity index (χ4v) is 1.99. The molecule has 1 atom stereocenters. The highest BCUT2D eigenvalue weighted by Crippen LogP contribution is 2.23. The molecule has 3 nitrogen and oxygen atoms in total. The largest absolute Gasteiger partial charge is 0.382 e. The van der Waals surface area contributed by atoms with Crippen molar-refractivity contribution in [1.29, 1.82) is 0 Å². The molecule has 0 amide bonds. The van der Waals surface area contributed by atoms with Crippen LogP contribution >= 0.6 is 0 Å². The van der Waals surface area contributed by atoms with Crippen LogP contribution in [0.4, 0.5) is 8.78 Å². The molecule has 3 rings (SSSR count). The summed E-state index contributed by atoms with van der Waals surface area (Å²) in [4.78, 5) is 4.22. The van der Waals surface area contributed by atoms with Crippen LogP contribution in [-0.2, 0) is 0 Å². The maximum absolute atomic E-state index is 13.1. The van der Waals surface area contributed by atoms with E-state index >= 15 is 0 Å². The van der Waals surface area contributed by atoms with Crippen molar-refractivity contribution in [2.75, 3.05) is 0 Å². The Hall–Kier alpha value is -2.27. The first-order valence-electron chi connectivity index (χ1n) is 5.71. The number of pyridine rings is 1. The van der Waals surface area contributed by atoms with Crippen LogP contribution in [0.3, 0.4) is 0 Å². The summed E-state index contributed by atoms with van der Waals surface area (Å²) in [6.45, 7) is 0. The molecule has 1 unspecified atom stereocenters. The van der Waals surface area contributed by atoms with E-state index in [1.807, 2.05) is 12.1 Å². The lowest BCUT2D eigenvalue weighted by molar-refractivity contribution is 0.215. The summed E-state index contributed by atoms with van der Waals surface area (Å²) < 4.78 is 28.0. The molecule has 0 saturated heterocycles. The van der Waals surface area contributed by atoms with E-state index in [0.717, 1.165) is 18.2 Å². The van der Waals surface area contributed by atoms with Gasteiger partial charge in [0.25, 0.3) is 0 Å². The molecule has 0 saturated carbocycles. The van der Waals surface area contributed by atoms with Crippen molar-refractivity contribution in [2.45, 2.75) is 6.10 Å². The quantitative estimate of drug-likeness (QED) is 0.769.